The van der Waals surface area contributed by atoms with E-state index in [0.717, 1.165) is 11.2 Å². The normalized spacial score (nSPS) is 11.0. The highest BCUT2D eigenvalue weighted by Crippen LogP contribution is 2.32. The van der Waals surface area contributed by atoms with Crippen LogP contribution in [0.4, 0.5) is 11.5 Å². The topological polar surface area (TPSA) is 119 Å². The molecule has 3 aromatic heterocycles. The molecule has 0 N–H and O–H groups in total. The Morgan fingerprint density at radius 1 is 1.12 bits per heavy atom. The summed E-state index contributed by atoms with van der Waals surface area (Å²) in [6.45, 7) is 0. The SMILES string of the molecule is N#Cc1cc([N+](=O)[O-])ccc1Oc1ccc(C=Nc2c(-c3ccco3)nc3ccccn23)cc1. The predicted octanol–water partition coefficient (Wildman–Crippen LogP) is 5.92. The Labute approximate surface area is 193 Å². The first-order valence-electron chi connectivity index (χ1n) is 10.1. The zero-order valence-electron chi connectivity index (χ0n) is 17.5. The summed E-state index contributed by atoms with van der Waals surface area (Å²) < 4.78 is 13.2. The molecule has 0 aliphatic carbocycles. The fourth-order valence-electron chi connectivity index (χ4n) is 3.38. The van der Waals surface area contributed by atoms with Crippen molar-refractivity contribution < 1.29 is 14.1 Å². The molecule has 0 aliphatic heterocycles. The van der Waals surface area contributed by atoms with Crippen molar-refractivity contribution in [3.63, 3.8) is 0 Å². The van der Waals surface area contributed by atoms with Gasteiger partial charge in [0.1, 0.15) is 28.8 Å². The molecule has 0 saturated carbocycles. The maximum Gasteiger partial charge on any atom is 0.271 e. The second-order valence-corrected chi connectivity index (χ2v) is 7.17. The number of aliphatic imine (C=N–C) groups is 1. The van der Waals surface area contributed by atoms with Crippen molar-refractivity contribution in [2.45, 2.75) is 0 Å². The van der Waals surface area contributed by atoms with Crippen LogP contribution in [0.3, 0.4) is 0 Å². The number of fused-ring (bicyclic) bond motifs is 1. The second kappa shape index (κ2) is 8.72. The summed E-state index contributed by atoms with van der Waals surface area (Å²) in [6, 6.07) is 22.2. The zero-order valence-corrected chi connectivity index (χ0v) is 17.5. The lowest BCUT2D eigenvalue weighted by Crippen LogP contribution is -1.92. The molecule has 0 spiro atoms. The minimum Gasteiger partial charge on any atom is -0.463 e. The molecule has 34 heavy (non-hydrogen) atoms. The minimum atomic E-state index is -0.556. The Balaban J connectivity index is 1.40. The molecular formula is C25H15N5O4. The van der Waals surface area contributed by atoms with Crippen LogP contribution in [0.2, 0.25) is 0 Å². The first-order chi connectivity index (χ1) is 16.6. The van der Waals surface area contributed by atoms with Gasteiger partial charge in [-0.1, -0.05) is 6.07 Å². The lowest BCUT2D eigenvalue weighted by molar-refractivity contribution is -0.384. The molecule has 2 aromatic carbocycles. The molecule has 0 bridgehead atoms. The van der Waals surface area contributed by atoms with Gasteiger partial charge in [0, 0.05) is 24.5 Å². The van der Waals surface area contributed by atoms with Gasteiger partial charge in [0.2, 0.25) is 0 Å². The van der Waals surface area contributed by atoms with E-state index in [1.54, 1.807) is 30.7 Å². The number of hydrogen-bond acceptors (Lipinski definition) is 7. The highest BCUT2D eigenvalue weighted by Gasteiger charge is 2.15. The first kappa shape index (κ1) is 20.7. The van der Waals surface area contributed by atoms with E-state index in [-0.39, 0.29) is 17.0 Å². The Kier molecular flexibility index (Phi) is 5.30. The number of nitro groups is 1. The van der Waals surface area contributed by atoms with Gasteiger partial charge in [-0.2, -0.15) is 5.26 Å². The molecule has 164 valence electrons. The molecule has 0 amide bonds. The smallest absolute Gasteiger partial charge is 0.271 e. The van der Waals surface area contributed by atoms with Crippen molar-refractivity contribution in [3.05, 3.63) is 106 Å². The van der Waals surface area contributed by atoms with Crippen molar-refractivity contribution in [1.29, 1.82) is 5.26 Å². The van der Waals surface area contributed by atoms with Crippen LogP contribution in [-0.2, 0) is 0 Å². The van der Waals surface area contributed by atoms with Crippen molar-refractivity contribution in [2.24, 2.45) is 4.99 Å². The first-order valence-corrected chi connectivity index (χ1v) is 10.1. The van der Waals surface area contributed by atoms with E-state index in [4.69, 9.17) is 9.15 Å². The van der Waals surface area contributed by atoms with Gasteiger partial charge in [-0.15, -0.1) is 0 Å². The summed E-state index contributed by atoms with van der Waals surface area (Å²) >= 11 is 0. The van der Waals surface area contributed by atoms with Gasteiger partial charge in [-0.3, -0.25) is 14.5 Å². The summed E-state index contributed by atoms with van der Waals surface area (Å²) in [5.41, 5.74) is 2.11. The van der Waals surface area contributed by atoms with Crippen LogP contribution in [0.25, 0.3) is 17.1 Å². The summed E-state index contributed by atoms with van der Waals surface area (Å²) in [5.74, 6) is 1.98. The quantitative estimate of drug-likeness (QED) is 0.180. The van der Waals surface area contributed by atoms with Gasteiger partial charge >= 0.3 is 0 Å². The average molecular weight is 449 g/mol. The number of furan rings is 1. The van der Waals surface area contributed by atoms with Gasteiger partial charge in [0.15, 0.2) is 17.3 Å². The maximum absolute atomic E-state index is 10.9. The fraction of sp³-hybridized carbons (Fsp3) is 0. The van der Waals surface area contributed by atoms with Crippen LogP contribution in [0, 0.1) is 21.4 Å². The van der Waals surface area contributed by atoms with Gasteiger partial charge in [0.05, 0.1) is 11.2 Å². The van der Waals surface area contributed by atoms with Gasteiger partial charge in [0.25, 0.3) is 5.69 Å². The third kappa shape index (κ3) is 3.99. The van der Waals surface area contributed by atoms with Gasteiger partial charge in [-0.05, 0) is 60.2 Å². The Bertz CT molecular complexity index is 1560. The third-order valence-corrected chi connectivity index (χ3v) is 5.00. The average Bonchev–Trinajstić information content (AvgIpc) is 3.52. The van der Waals surface area contributed by atoms with Crippen LogP contribution in [0.1, 0.15) is 11.1 Å². The van der Waals surface area contributed by atoms with Crippen LogP contribution in [0.15, 0.2) is 94.7 Å². The summed E-state index contributed by atoms with van der Waals surface area (Å²) in [5, 5.41) is 20.2. The summed E-state index contributed by atoms with van der Waals surface area (Å²) in [4.78, 5) is 19.6. The minimum absolute atomic E-state index is 0.0814. The third-order valence-electron chi connectivity index (χ3n) is 5.00. The molecule has 5 rings (SSSR count). The molecule has 0 radical (unpaired) electrons. The fourth-order valence-corrected chi connectivity index (χ4v) is 3.38. The Hall–Kier alpha value is -5.23. The highest BCUT2D eigenvalue weighted by molar-refractivity contribution is 5.84. The highest BCUT2D eigenvalue weighted by atomic mass is 16.6. The summed E-state index contributed by atoms with van der Waals surface area (Å²) in [7, 11) is 0. The maximum atomic E-state index is 10.9. The Morgan fingerprint density at radius 2 is 1.97 bits per heavy atom. The molecule has 0 saturated heterocycles. The van der Waals surface area contributed by atoms with E-state index in [2.05, 4.69) is 9.98 Å². The van der Waals surface area contributed by atoms with Crippen LogP contribution < -0.4 is 4.74 Å². The van der Waals surface area contributed by atoms with Crippen molar-refractivity contribution in [2.75, 3.05) is 0 Å². The number of nitriles is 1. The number of nitrogens with zero attached hydrogens (tertiary/aromatic N) is 5. The number of imidazole rings is 1. The molecule has 0 atom stereocenters. The number of benzene rings is 2. The molecule has 0 fully saturated rings. The van der Waals surface area contributed by atoms with Crippen LogP contribution >= 0.6 is 0 Å². The van der Waals surface area contributed by atoms with E-state index >= 15 is 0 Å². The molecule has 5 aromatic rings. The monoisotopic (exact) mass is 449 g/mol. The number of aromatic nitrogens is 2. The van der Waals surface area contributed by atoms with Crippen LogP contribution in [-0.4, -0.2) is 20.5 Å². The van der Waals surface area contributed by atoms with Crippen molar-refractivity contribution in [3.8, 4) is 29.0 Å². The zero-order chi connectivity index (χ0) is 23.5. The number of rotatable bonds is 6. The molecule has 9 heteroatoms. The molecule has 3 heterocycles. The number of ether oxygens (including phenoxy) is 1. The van der Waals surface area contributed by atoms with Crippen molar-refractivity contribution in [1.82, 2.24) is 9.38 Å². The molecule has 9 nitrogen and oxygen atoms in total. The lowest BCUT2D eigenvalue weighted by Gasteiger charge is -2.07. The number of pyridine rings is 1. The number of hydrogen-bond donors (Lipinski definition) is 0. The predicted molar refractivity (Wildman–Crippen MR) is 124 cm³/mol. The molecule has 0 unspecified atom stereocenters. The van der Waals surface area contributed by atoms with E-state index in [9.17, 15) is 15.4 Å². The van der Waals surface area contributed by atoms with E-state index in [0.29, 0.717) is 23.0 Å². The summed E-state index contributed by atoms with van der Waals surface area (Å²) in [6.07, 6.45) is 5.18. The molecular weight excluding hydrogens is 434 g/mol. The van der Waals surface area contributed by atoms with Crippen LogP contribution in [0.5, 0.6) is 11.5 Å². The Morgan fingerprint density at radius 3 is 2.71 bits per heavy atom. The van der Waals surface area contributed by atoms with E-state index in [1.807, 2.05) is 53.1 Å². The lowest BCUT2D eigenvalue weighted by atomic mass is 10.2. The van der Waals surface area contributed by atoms with Gasteiger partial charge < -0.3 is 9.15 Å². The second-order valence-electron chi connectivity index (χ2n) is 7.17. The van der Waals surface area contributed by atoms with E-state index < -0.39 is 4.92 Å². The van der Waals surface area contributed by atoms with Crippen molar-refractivity contribution >= 4 is 23.4 Å². The largest absolute Gasteiger partial charge is 0.463 e. The molecule has 0 aliphatic rings. The standard InChI is InChI=1S/C25H15N5O4/c26-15-18-14-19(30(31)32)8-11-21(18)34-20-9-6-17(7-10-20)16-27-25-24(22-4-3-13-33-22)28-23-5-1-2-12-29(23)25/h1-14,16H. The number of non-ortho nitro benzene ring substituents is 1. The van der Waals surface area contributed by atoms with Gasteiger partial charge in [-0.25, -0.2) is 9.98 Å². The van der Waals surface area contributed by atoms with E-state index in [1.165, 1.54) is 18.2 Å². The number of nitro benzene ring substituents is 1.